The van der Waals surface area contributed by atoms with Crippen LogP contribution in [0.1, 0.15) is 61.3 Å². The fourth-order valence-electron chi connectivity index (χ4n) is 2.87. The number of imide groups is 1. The summed E-state index contributed by atoms with van der Waals surface area (Å²) in [6, 6.07) is 0. The Balaban J connectivity index is 0.00000596. The molecule has 0 saturated carbocycles. The van der Waals surface area contributed by atoms with Crippen molar-refractivity contribution in [1.82, 2.24) is 15.5 Å². The maximum atomic E-state index is 12.1. The Labute approximate surface area is 214 Å². The number of nitrogens with zero attached hydrogens (tertiary/aromatic N) is 2. The quantitative estimate of drug-likeness (QED) is 0.182. The predicted molar refractivity (Wildman–Crippen MR) is 136 cm³/mol. The van der Waals surface area contributed by atoms with E-state index < -0.39 is 17.2 Å². The van der Waals surface area contributed by atoms with E-state index in [0.29, 0.717) is 19.8 Å². The van der Waals surface area contributed by atoms with Gasteiger partial charge in [-0.15, -0.1) is 0 Å². The summed E-state index contributed by atoms with van der Waals surface area (Å²) < 4.78 is 5.83. The van der Waals surface area contributed by atoms with Crippen LogP contribution in [-0.2, 0) is 33.5 Å². The highest BCUT2D eigenvalue weighted by molar-refractivity contribution is 6.13. The van der Waals surface area contributed by atoms with Gasteiger partial charge in [0.15, 0.2) is 12.4 Å². The molecule has 1 rings (SSSR count). The van der Waals surface area contributed by atoms with Gasteiger partial charge in [-0.3, -0.25) is 28.9 Å². The number of hydrogen-bond acceptors (Lipinski definition) is 8. The van der Waals surface area contributed by atoms with Gasteiger partial charge >= 0.3 is 0 Å². The third-order valence-corrected chi connectivity index (χ3v) is 4.66. The minimum Gasteiger partial charge on any atom is -0.388 e. The van der Waals surface area contributed by atoms with Crippen LogP contribution in [0.4, 0.5) is 0 Å². The summed E-state index contributed by atoms with van der Waals surface area (Å²) in [7, 11) is 0. The van der Waals surface area contributed by atoms with Gasteiger partial charge in [0.1, 0.15) is 0 Å². The average Bonchev–Trinajstić information content (AvgIpc) is 3.11. The largest absolute Gasteiger partial charge is 0.388 e. The molecule has 0 spiro atoms. The minimum atomic E-state index is -0.408. The Hall–Kier alpha value is -3.08. The molecule has 0 bridgehead atoms. The molecule has 0 atom stereocenters. The summed E-state index contributed by atoms with van der Waals surface area (Å²) in [5.74, 6) is -1.38. The van der Waals surface area contributed by atoms with Crippen LogP contribution >= 0.6 is 0 Å². The van der Waals surface area contributed by atoms with E-state index in [-0.39, 0.29) is 55.6 Å². The smallest absolute Gasteiger partial charge is 0.253 e. The number of amides is 4. The molecular weight excluding hydrogens is 468 g/mol. The second kappa shape index (κ2) is 16.6. The number of carbonyl (C=O) groups is 5. The molecule has 204 valence electrons. The number of Topliss-reactive ketones (excluding diaryl/α,β-unsaturated/α-hetero) is 1. The van der Waals surface area contributed by atoms with E-state index in [1.54, 1.807) is 0 Å². The van der Waals surface area contributed by atoms with E-state index in [2.05, 4.69) is 15.8 Å². The van der Waals surface area contributed by atoms with E-state index in [0.717, 1.165) is 4.90 Å². The van der Waals surface area contributed by atoms with E-state index in [1.165, 1.54) is 25.3 Å². The lowest BCUT2D eigenvalue weighted by molar-refractivity contribution is -0.137. The first kappa shape index (κ1) is 32.9. The Morgan fingerprint density at radius 1 is 0.972 bits per heavy atom. The summed E-state index contributed by atoms with van der Waals surface area (Å²) in [6.45, 7) is 14.3. The highest BCUT2D eigenvalue weighted by Crippen LogP contribution is 2.22. The van der Waals surface area contributed by atoms with Crippen LogP contribution in [0.25, 0.3) is 0 Å². The lowest BCUT2D eigenvalue weighted by Crippen LogP contribution is -2.40. The van der Waals surface area contributed by atoms with Gasteiger partial charge in [0, 0.05) is 43.5 Å². The lowest BCUT2D eigenvalue weighted by Gasteiger charge is -2.29. The van der Waals surface area contributed by atoms with Crippen molar-refractivity contribution in [2.45, 2.75) is 61.3 Å². The number of rotatable bonds is 16. The van der Waals surface area contributed by atoms with Crippen LogP contribution in [-0.4, -0.2) is 80.0 Å². The molecule has 1 aliphatic rings. The fraction of sp³-hybridized carbons (Fsp3) is 0.680. The summed E-state index contributed by atoms with van der Waals surface area (Å²) in [5, 5.41) is 9.08. The maximum absolute atomic E-state index is 12.1. The van der Waals surface area contributed by atoms with Gasteiger partial charge in [0.25, 0.3) is 11.8 Å². The van der Waals surface area contributed by atoms with Gasteiger partial charge in [-0.1, -0.05) is 46.7 Å². The second-order valence-corrected chi connectivity index (χ2v) is 9.75. The van der Waals surface area contributed by atoms with Gasteiger partial charge < -0.3 is 20.2 Å². The predicted octanol–water partition coefficient (Wildman–Crippen LogP) is 1.61. The molecule has 0 radical (unpaired) electrons. The first-order chi connectivity index (χ1) is 16.8. The normalized spacial score (nSPS) is 13.5. The Bertz CT molecular complexity index is 801. The van der Waals surface area contributed by atoms with Crippen LogP contribution in [0.15, 0.2) is 17.3 Å². The van der Waals surface area contributed by atoms with Gasteiger partial charge in [0.2, 0.25) is 11.8 Å². The SMILES string of the molecule is CC.CC(=O)CO/N=C/CNC(=O)CC(C)(C)COCC(C)(C)CNC(=O)CCN1C(=O)C=CC1=O. The molecule has 1 heterocycles. The summed E-state index contributed by atoms with van der Waals surface area (Å²) in [5.41, 5.74) is -0.764. The van der Waals surface area contributed by atoms with Gasteiger partial charge in [-0.2, -0.15) is 0 Å². The third kappa shape index (κ3) is 15.0. The average molecular weight is 511 g/mol. The Morgan fingerprint density at radius 3 is 2.14 bits per heavy atom. The van der Waals surface area contributed by atoms with Crippen molar-refractivity contribution in [3.05, 3.63) is 12.2 Å². The van der Waals surface area contributed by atoms with Crippen molar-refractivity contribution < 1.29 is 33.5 Å². The molecule has 0 fully saturated rings. The number of ketones is 1. The van der Waals surface area contributed by atoms with E-state index in [9.17, 15) is 24.0 Å². The second-order valence-electron chi connectivity index (χ2n) is 9.75. The number of nitrogens with one attached hydrogen (secondary N) is 2. The molecule has 2 N–H and O–H groups in total. The van der Waals surface area contributed by atoms with Gasteiger partial charge in [-0.25, -0.2) is 0 Å². The van der Waals surface area contributed by atoms with Crippen molar-refractivity contribution in [2.75, 3.05) is 39.5 Å². The van der Waals surface area contributed by atoms with Crippen LogP contribution in [0.3, 0.4) is 0 Å². The number of oxime groups is 1. The molecule has 0 aliphatic carbocycles. The number of carbonyl (C=O) groups excluding carboxylic acids is 5. The molecule has 11 heteroatoms. The molecule has 36 heavy (non-hydrogen) atoms. The molecular formula is C25H42N4O7. The number of ether oxygens (including phenoxy) is 1. The molecule has 1 aliphatic heterocycles. The van der Waals surface area contributed by atoms with E-state index in [1.807, 2.05) is 41.5 Å². The zero-order valence-electron chi connectivity index (χ0n) is 22.6. The van der Waals surface area contributed by atoms with Crippen molar-refractivity contribution in [3.8, 4) is 0 Å². The summed E-state index contributed by atoms with van der Waals surface area (Å²) in [4.78, 5) is 63.7. The monoisotopic (exact) mass is 510 g/mol. The van der Waals surface area contributed by atoms with E-state index >= 15 is 0 Å². The third-order valence-electron chi connectivity index (χ3n) is 4.66. The Kier molecular flexibility index (Phi) is 15.1. The van der Waals surface area contributed by atoms with Crippen LogP contribution in [0.2, 0.25) is 0 Å². The first-order valence-electron chi connectivity index (χ1n) is 12.1. The topological polar surface area (TPSA) is 143 Å². The van der Waals surface area contributed by atoms with Gasteiger partial charge in [0.05, 0.1) is 26.0 Å². The fourth-order valence-corrected chi connectivity index (χ4v) is 2.87. The van der Waals surface area contributed by atoms with Gasteiger partial charge in [-0.05, 0) is 12.3 Å². The van der Waals surface area contributed by atoms with Crippen LogP contribution in [0, 0.1) is 10.8 Å². The first-order valence-corrected chi connectivity index (χ1v) is 12.1. The minimum absolute atomic E-state index is 0.0335. The van der Waals surface area contributed by atoms with Crippen molar-refractivity contribution in [3.63, 3.8) is 0 Å². The summed E-state index contributed by atoms with van der Waals surface area (Å²) >= 11 is 0. The maximum Gasteiger partial charge on any atom is 0.253 e. The van der Waals surface area contributed by atoms with E-state index in [4.69, 9.17) is 9.57 Å². The standard InChI is InChI=1S/C23H36N4O7.C2H6/c1-17(28)13-34-26-10-9-24-19(30)12-22(2,3)15-33-16-23(4,5)14-25-18(29)8-11-27-20(31)6-7-21(27)32;1-2/h6-7,10H,8-9,11-16H2,1-5H3,(H,24,30)(H,25,29);1-2H3/b26-10+;. The van der Waals surface area contributed by atoms with Crippen LogP contribution < -0.4 is 10.6 Å². The molecule has 0 aromatic heterocycles. The van der Waals surface area contributed by atoms with Crippen LogP contribution in [0.5, 0.6) is 0 Å². The molecule has 0 aromatic carbocycles. The molecule has 4 amide bonds. The highest BCUT2D eigenvalue weighted by Gasteiger charge is 2.26. The Morgan fingerprint density at radius 2 is 1.56 bits per heavy atom. The molecule has 0 aromatic rings. The summed E-state index contributed by atoms with van der Waals surface area (Å²) in [6.07, 6.45) is 4.03. The number of hydrogen-bond donors (Lipinski definition) is 2. The highest BCUT2D eigenvalue weighted by atomic mass is 16.6. The van der Waals surface area contributed by atoms with Crippen molar-refractivity contribution in [1.29, 1.82) is 0 Å². The lowest BCUT2D eigenvalue weighted by atomic mass is 9.89. The molecule has 0 unspecified atom stereocenters. The molecule has 0 saturated heterocycles. The van der Waals surface area contributed by atoms with Crippen molar-refractivity contribution in [2.24, 2.45) is 16.0 Å². The molecule has 11 nitrogen and oxygen atoms in total. The zero-order chi connectivity index (χ0) is 27.8. The van der Waals surface area contributed by atoms with Crippen molar-refractivity contribution >= 4 is 35.6 Å². The zero-order valence-corrected chi connectivity index (χ0v) is 22.6.